The third-order valence-electron chi connectivity index (χ3n) is 5.03. The second-order valence-electron chi connectivity index (χ2n) is 7.58. The Hall–Kier alpha value is -3.44. The molecule has 182 valence electrons. The van der Waals surface area contributed by atoms with Crippen molar-refractivity contribution in [2.45, 2.75) is 18.2 Å². The maximum absolute atomic E-state index is 12.6. The van der Waals surface area contributed by atoms with Gasteiger partial charge in [0.1, 0.15) is 19.8 Å². The van der Waals surface area contributed by atoms with Crippen LogP contribution in [0.1, 0.15) is 22.8 Å². The van der Waals surface area contributed by atoms with Crippen LogP contribution in [0.3, 0.4) is 0 Å². The summed E-state index contributed by atoms with van der Waals surface area (Å²) in [5.41, 5.74) is 1.32. The zero-order valence-electron chi connectivity index (χ0n) is 18.9. The number of carbonyl (C=O) groups excluding carboxylic acids is 3. The molecule has 0 aromatic heterocycles. The molecule has 1 N–H and O–H groups in total. The molecule has 34 heavy (non-hydrogen) atoms. The summed E-state index contributed by atoms with van der Waals surface area (Å²) < 4.78 is 41.9. The number of hydrogen-bond donors (Lipinski definition) is 1. The number of nitrogens with one attached hydrogen (secondary N) is 1. The van der Waals surface area contributed by atoms with Crippen LogP contribution in [0.2, 0.25) is 0 Å². The van der Waals surface area contributed by atoms with E-state index < -0.39 is 35.1 Å². The van der Waals surface area contributed by atoms with E-state index in [1.165, 1.54) is 38.2 Å². The number of fused-ring (bicyclic) bond motifs is 1. The fraction of sp³-hybridized carbons (Fsp3) is 0.348. The zero-order chi connectivity index (χ0) is 24.7. The minimum Gasteiger partial charge on any atom is -0.486 e. The van der Waals surface area contributed by atoms with Crippen LogP contribution in [-0.4, -0.2) is 70.3 Å². The van der Waals surface area contributed by atoms with Crippen LogP contribution < -0.4 is 14.8 Å². The van der Waals surface area contributed by atoms with Crippen molar-refractivity contribution in [3.63, 3.8) is 0 Å². The first-order valence-corrected chi connectivity index (χ1v) is 12.0. The molecule has 1 heterocycles. The topological polar surface area (TPSA) is 128 Å². The van der Waals surface area contributed by atoms with E-state index in [-0.39, 0.29) is 10.7 Å². The largest absolute Gasteiger partial charge is 0.486 e. The number of amides is 1. The minimum atomic E-state index is -3.97. The SMILES string of the molecule is CC(=O)c1ccc(S(=O)(=O)N(C)CC(=O)OCC(=O)NCCc2ccc3c(c2)OCCO3)cc1. The molecule has 0 saturated carbocycles. The highest BCUT2D eigenvalue weighted by molar-refractivity contribution is 7.89. The second-order valence-corrected chi connectivity index (χ2v) is 9.63. The van der Waals surface area contributed by atoms with Crippen molar-refractivity contribution in [1.29, 1.82) is 0 Å². The molecule has 2 aromatic carbocycles. The monoisotopic (exact) mass is 490 g/mol. The Labute approximate surface area is 197 Å². The summed E-state index contributed by atoms with van der Waals surface area (Å²) in [5, 5.41) is 2.64. The summed E-state index contributed by atoms with van der Waals surface area (Å²) in [6, 6.07) is 10.9. The molecule has 0 bridgehead atoms. The van der Waals surface area contributed by atoms with Crippen molar-refractivity contribution in [1.82, 2.24) is 9.62 Å². The van der Waals surface area contributed by atoms with Gasteiger partial charge in [-0.25, -0.2) is 8.42 Å². The molecule has 0 radical (unpaired) electrons. The number of Topliss-reactive ketones (excluding diaryl/α,β-unsaturated/α-hetero) is 1. The molecule has 0 spiro atoms. The number of rotatable bonds is 10. The third kappa shape index (κ3) is 6.55. The van der Waals surface area contributed by atoms with Crippen LogP contribution in [0, 0.1) is 0 Å². The lowest BCUT2D eigenvalue weighted by Gasteiger charge is -2.19. The van der Waals surface area contributed by atoms with Gasteiger partial charge in [-0.3, -0.25) is 14.4 Å². The van der Waals surface area contributed by atoms with E-state index in [0.29, 0.717) is 43.2 Å². The Morgan fingerprint density at radius 1 is 1.03 bits per heavy atom. The number of hydrogen-bond acceptors (Lipinski definition) is 8. The van der Waals surface area contributed by atoms with Gasteiger partial charge in [-0.05, 0) is 43.2 Å². The van der Waals surface area contributed by atoms with E-state index in [1.54, 1.807) is 0 Å². The lowest BCUT2D eigenvalue weighted by Crippen LogP contribution is -2.35. The van der Waals surface area contributed by atoms with Crippen molar-refractivity contribution >= 4 is 27.7 Å². The number of sulfonamides is 1. The first kappa shape index (κ1) is 25.2. The molecule has 1 amide bonds. The molecule has 0 atom stereocenters. The van der Waals surface area contributed by atoms with Gasteiger partial charge in [0.05, 0.1) is 4.90 Å². The predicted octanol–water partition coefficient (Wildman–Crippen LogP) is 1.18. The van der Waals surface area contributed by atoms with Crippen molar-refractivity contribution in [2.24, 2.45) is 0 Å². The quantitative estimate of drug-likeness (QED) is 0.388. The highest BCUT2D eigenvalue weighted by Crippen LogP contribution is 2.30. The van der Waals surface area contributed by atoms with Gasteiger partial charge in [0.15, 0.2) is 23.9 Å². The van der Waals surface area contributed by atoms with Crippen molar-refractivity contribution < 1.29 is 37.0 Å². The Morgan fingerprint density at radius 2 is 1.71 bits per heavy atom. The normalized spacial score (nSPS) is 12.8. The number of esters is 1. The molecule has 0 aliphatic carbocycles. The predicted molar refractivity (Wildman–Crippen MR) is 121 cm³/mol. The zero-order valence-corrected chi connectivity index (χ0v) is 19.7. The molecule has 0 saturated heterocycles. The Kier molecular flexibility index (Phi) is 8.24. The first-order chi connectivity index (χ1) is 16.2. The average Bonchev–Trinajstić information content (AvgIpc) is 2.82. The number of benzene rings is 2. The van der Waals surface area contributed by atoms with E-state index in [1.807, 2.05) is 18.2 Å². The molecular weight excluding hydrogens is 464 g/mol. The molecule has 10 nitrogen and oxygen atoms in total. The van der Waals surface area contributed by atoms with Crippen molar-refractivity contribution in [3.8, 4) is 11.5 Å². The summed E-state index contributed by atoms with van der Waals surface area (Å²) in [7, 11) is -2.74. The van der Waals surface area contributed by atoms with Crippen LogP contribution in [0.5, 0.6) is 11.5 Å². The molecule has 0 fully saturated rings. The number of ketones is 1. The smallest absolute Gasteiger partial charge is 0.321 e. The first-order valence-electron chi connectivity index (χ1n) is 10.5. The molecule has 1 aliphatic rings. The van der Waals surface area contributed by atoms with Gasteiger partial charge in [-0.2, -0.15) is 4.31 Å². The second kappa shape index (κ2) is 11.1. The molecule has 2 aromatic rings. The fourth-order valence-electron chi connectivity index (χ4n) is 3.14. The fourth-order valence-corrected chi connectivity index (χ4v) is 4.26. The molecule has 3 rings (SSSR count). The minimum absolute atomic E-state index is 0.0651. The number of likely N-dealkylation sites (N-methyl/N-ethyl adjacent to an activating group) is 1. The van der Waals surface area contributed by atoms with Gasteiger partial charge in [-0.1, -0.05) is 18.2 Å². The summed E-state index contributed by atoms with van der Waals surface area (Å²) in [6.07, 6.45) is 0.541. The Bertz CT molecular complexity index is 1160. The standard InChI is InChI=1S/C23H26N2O8S/c1-16(26)18-4-6-19(7-5-18)34(29,30)25(2)14-23(28)33-15-22(27)24-10-9-17-3-8-20-21(13-17)32-12-11-31-20/h3-8,13H,9-12,14-15H2,1-2H3,(H,24,27). The number of ether oxygens (including phenoxy) is 3. The van der Waals surface area contributed by atoms with Gasteiger partial charge in [0, 0.05) is 19.2 Å². The molecular formula is C23H26N2O8S. The highest BCUT2D eigenvalue weighted by Gasteiger charge is 2.24. The summed E-state index contributed by atoms with van der Waals surface area (Å²) in [6.45, 7) is 1.60. The summed E-state index contributed by atoms with van der Waals surface area (Å²) >= 11 is 0. The van der Waals surface area contributed by atoms with Crippen molar-refractivity contribution in [2.75, 3.05) is 40.0 Å². The maximum Gasteiger partial charge on any atom is 0.321 e. The van der Waals surface area contributed by atoms with Crippen LogP contribution >= 0.6 is 0 Å². The highest BCUT2D eigenvalue weighted by atomic mass is 32.2. The summed E-state index contributed by atoms with van der Waals surface area (Å²) in [5.74, 6) is -0.209. The third-order valence-corrected chi connectivity index (χ3v) is 6.85. The van der Waals surface area contributed by atoms with Crippen LogP contribution in [0.15, 0.2) is 47.4 Å². The Morgan fingerprint density at radius 3 is 2.38 bits per heavy atom. The van der Waals surface area contributed by atoms with Gasteiger partial charge in [0.2, 0.25) is 10.0 Å². The van der Waals surface area contributed by atoms with E-state index in [0.717, 1.165) is 9.87 Å². The molecule has 1 aliphatic heterocycles. The lowest BCUT2D eigenvalue weighted by molar-refractivity contribution is -0.148. The van der Waals surface area contributed by atoms with E-state index >= 15 is 0 Å². The average molecular weight is 491 g/mol. The van der Waals surface area contributed by atoms with Gasteiger partial charge >= 0.3 is 5.97 Å². The Balaban J connectivity index is 1.41. The lowest BCUT2D eigenvalue weighted by atomic mass is 10.1. The summed E-state index contributed by atoms with van der Waals surface area (Å²) in [4.78, 5) is 35.3. The molecule has 11 heteroatoms. The van der Waals surface area contributed by atoms with Gasteiger partial charge < -0.3 is 19.5 Å². The van der Waals surface area contributed by atoms with E-state index in [2.05, 4.69) is 5.32 Å². The van der Waals surface area contributed by atoms with Crippen LogP contribution in [-0.2, 0) is 30.8 Å². The van der Waals surface area contributed by atoms with Gasteiger partial charge in [0.25, 0.3) is 5.91 Å². The molecule has 0 unspecified atom stereocenters. The van der Waals surface area contributed by atoms with E-state index in [4.69, 9.17) is 14.2 Å². The van der Waals surface area contributed by atoms with Crippen LogP contribution in [0.25, 0.3) is 0 Å². The van der Waals surface area contributed by atoms with Gasteiger partial charge in [-0.15, -0.1) is 0 Å². The maximum atomic E-state index is 12.6. The van der Waals surface area contributed by atoms with Crippen LogP contribution in [0.4, 0.5) is 0 Å². The number of nitrogens with zero attached hydrogens (tertiary/aromatic N) is 1. The van der Waals surface area contributed by atoms with Crippen molar-refractivity contribution in [3.05, 3.63) is 53.6 Å². The van der Waals surface area contributed by atoms with E-state index in [9.17, 15) is 22.8 Å². The number of carbonyl (C=O) groups is 3.